The summed E-state index contributed by atoms with van der Waals surface area (Å²) < 4.78 is 68.4. The van der Waals surface area contributed by atoms with Crippen LogP contribution in [0.4, 0.5) is 0 Å². The minimum atomic E-state index is -4.99. The largest absolute Gasteiger partial charge is 0.472 e. The fourth-order valence-corrected chi connectivity index (χ4v) is 11.7. The smallest absolute Gasteiger partial charge is 0.462 e. The number of ether oxygens (including phenoxy) is 4. The van der Waals surface area contributed by atoms with Crippen molar-refractivity contribution in [2.24, 2.45) is 0 Å². The van der Waals surface area contributed by atoms with Crippen molar-refractivity contribution in [2.75, 3.05) is 39.6 Å². The number of aliphatic hydroxyl groups excluding tert-OH is 1. The quantitative estimate of drug-likeness (QED) is 0.0128. The highest BCUT2D eigenvalue weighted by Gasteiger charge is 2.30. The van der Waals surface area contributed by atoms with E-state index in [4.69, 9.17) is 37.0 Å². The molecule has 17 nitrogen and oxygen atoms in total. The number of allylic oxidation sites excluding steroid dienone is 18. The molecule has 0 saturated heterocycles. The second-order valence-corrected chi connectivity index (χ2v) is 28.9. The average molecular weight is 1450 g/mol. The van der Waals surface area contributed by atoms with Crippen LogP contribution in [0.3, 0.4) is 0 Å². The van der Waals surface area contributed by atoms with Crippen LogP contribution in [0, 0.1) is 0 Å². The summed E-state index contributed by atoms with van der Waals surface area (Å²) in [6.45, 7) is 4.69. The standard InChI is InChI=1S/C81H140O17P2/c1-5-9-13-17-21-25-29-33-36-37-40-43-46-50-54-58-62-66-79(84)92-72-77(98-81(86)68-64-60-56-52-48-44-39-35-31-27-23-19-15-11-7-3)74-96-100(89,90)94-70-75(82)69-93-99(87,88)95-73-76(97-80(85)67-63-59-55-51-47-41-32-28-24-20-16-12-8-4)71-91-78(83)65-61-57-53-49-45-42-38-34-30-26-22-18-14-10-6-2/h21-22,25-28,31-36,38-40,43,50,54,75-77,82H,5-20,23-24,29-30,37,41-42,44-49,51-53,55-74H2,1-4H3,(H,87,88)(H,89,90)/b25-21-,26-22-,31-27-,32-28-,36-33-,38-34-,39-35-,43-40-,54-50-/t75-,76+,77+/m0/s1. The number of hydrogen-bond donors (Lipinski definition) is 3. The number of phosphoric ester groups is 2. The van der Waals surface area contributed by atoms with Gasteiger partial charge in [0.2, 0.25) is 0 Å². The van der Waals surface area contributed by atoms with Gasteiger partial charge in [-0.05, 0) is 148 Å². The first-order chi connectivity index (χ1) is 48.7. The van der Waals surface area contributed by atoms with Gasteiger partial charge in [0.25, 0.3) is 0 Å². The van der Waals surface area contributed by atoms with Crippen LogP contribution in [0.5, 0.6) is 0 Å². The summed E-state index contributed by atoms with van der Waals surface area (Å²) in [5.74, 6) is -2.27. The van der Waals surface area contributed by atoms with Crippen molar-refractivity contribution in [3.8, 4) is 0 Å². The van der Waals surface area contributed by atoms with E-state index in [0.717, 1.165) is 148 Å². The Labute approximate surface area is 607 Å². The molecular weight excluding hydrogens is 1310 g/mol. The van der Waals surface area contributed by atoms with Gasteiger partial charge in [0.15, 0.2) is 12.2 Å². The highest BCUT2D eigenvalue weighted by Crippen LogP contribution is 2.45. The Morgan fingerprint density at radius 3 is 0.880 bits per heavy atom. The van der Waals surface area contributed by atoms with E-state index < -0.39 is 97.5 Å². The van der Waals surface area contributed by atoms with E-state index in [1.807, 2.05) is 12.2 Å². The lowest BCUT2D eigenvalue weighted by Gasteiger charge is -2.21. The van der Waals surface area contributed by atoms with Gasteiger partial charge >= 0.3 is 39.5 Å². The number of esters is 4. The molecule has 0 amide bonds. The Morgan fingerprint density at radius 1 is 0.290 bits per heavy atom. The highest BCUT2D eigenvalue weighted by molar-refractivity contribution is 7.47. The van der Waals surface area contributed by atoms with Crippen molar-refractivity contribution in [2.45, 2.75) is 341 Å². The Balaban J connectivity index is 5.42. The van der Waals surface area contributed by atoms with Crippen molar-refractivity contribution >= 4 is 39.5 Å². The second kappa shape index (κ2) is 73.0. The van der Waals surface area contributed by atoms with Gasteiger partial charge in [-0.2, -0.15) is 0 Å². The van der Waals surface area contributed by atoms with Gasteiger partial charge in [-0.1, -0.05) is 259 Å². The molecule has 0 spiro atoms. The molecule has 0 saturated carbocycles. The molecule has 576 valence electrons. The van der Waals surface area contributed by atoms with E-state index in [1.54, 1.807) is 0 Å². The van der Waals surface area contributed by atoms with Crippen molar-refractivity contribution in [3.05, 3.63) is 109 Å². The first-order valence-corrected chi connectivity index (χ1v) is 42.1. The summed E-state index contributed by atoms with van der Waals surface area (Å²) in [6.07, 6.45) is 77.9. The van der Waals surface area contributed by atoms with Crippen LogP contribution in [0.2, 0.25) is 0 Å². The highest BCUT2D eigenvalue weighted by atomic mass is 31.2. The zero-order valence-corrected chi connectivity index (χ0v) is 64.6. The molecule has 0 heterocycles. The molecule has 0 aromatic rings. The van der Waals surface area contributed by atoms with Gasteiger partial charge in [0, 0.05) is 25.7 Å². The minimum Gasteiger partial charge on any atom is -0.462 e. The maximum Gasteiger partial charge on any atom is 0.472 e. The molecule has 0 aliphatic heterocycles. The molecule has 0 bridgehead atoms. The number of unbranched alkanes of at least 4 members (excludes halogenated alkanes) is 30. The lowest BCUT2D eigenvalue weighted by atomic mass is 10.1. The van der Waals surface area contributed by atoms with E-state index in [-0.39, 0.29) is 25.7 Å². The summed E-state index contributed by atoms with van der Waals surface area (Å²) in [4.78, 5) is 72.9. The number of carbonyl (C=O) groups is 4. The van der Waals surface area contributed by atoms with Gasteiger partial charge in [0.05, 0.1) is 26.4 Å². The lowest BCUT2D eigenvalue weighted by molar-refractivity contribution is -0.161. The van der Waals surface area contributed by atoms with Crippen LogP contribution in [0.1, 0.15) is 323 Å². The van der Waals surface area contributed by atoms with Gasteiger partial charge < -0.3 is 33.8 Å². The molecule has 19 heteroatoms. The molecular formula is C81H140O17P2. The Morgan fingerprint density at radius 2 is 0.530 bits per heavy atom. The van der Waals surface area contributed by atoms with E-state index in [1.165, 1.54) is 89.9 Å². The van der Waals surface area contributed by atoms with Crippen LogP contribution in [-0.4, -0.2) is 96.7 Å². The average Bonchev–Trinajstić information content (AvgIpc) is 1.06. The number of rotatable bonds is 73. The molecule has 0 rings (SSSR count). The summed E-state index contributed by atoms with van der Waals surface area (Å²) >= 11 is 0. The van der Waals surface area contributed by atoms with Crippen molar-refractivity contribution in [3.63, 3.8) is 0 Å². The van der Waals surface area contributed by atoms with Crippen LogP contribution in [-0.2, 0) is 65.4 Å². The molecule has 0 aliphatic rings. The summed E-state index contributed by atoms with van der Waals surface area (Å²) in [7, 11) is -9.98. The van der Waals surface area contributed by atoms with Crippen LogP contribution in [0.25, 0.3) is 0 Å². The zero-order chi connectivity index (χ0) is 73.2. The van der Waals surface area contributed by atoms with E-state index in [2.05, 4.69) is 125 Å². The van der Waals surface area contributed by atoms with Crippen molar-refractivity contribution in [1.82, 2.24) is 0 Å². The third-order valence-electron chi connectivity index (χ3n) is 16.2. The molecule has 100 heavy (non-hydrogen) atoms. The van der Waals surface area contributed by atoms with E-state index >= 15 is 0 Å². The number of phosphoric acid groups is 2. The van der Waals surface area contributed by atoms with Crippen molar-refractivity contribution < 1.29 is 80.2 Å². The second-order valence-electron chi connectivity index (χ2n) is 26.0. The third-order valence-corrected chi connectivity index (χ3v) is 18.1. The predicted octanol–water partition coefficient (Wildman–Crippen LogP) is 22.6. The van der Waals surface area contributed by atoms with Crippen LogP contribution < -0.4 is 0 Å². The predicted molar refractivity (Wildman–Crippen MR) is 408 cm³/mol. The van der Waals surface area contributed by atoms with Gasteiger partial charge in [0.1, 0.15) is 19.3 Å². The summed E-state index contributed by atoms with van der Waals surface area (Å²) in [5, 5.41) is 10.6. The van der Waals surface area contributed by atoms with Gasteiger partial charge in [-0.25, -0.2) is 9.13 Å². The maximum atomic E-state index is 13.1. The first-order valence-electron chi connectivity index (χ1n) is 39.1. The third kappa shape index (κ3) is 72.1. The van der Waals surface area contributed by atoms with Crippen molar-refractivity contribution in [1.29, 1.82) is 0 Å². The normalized spacial score (nSPS) is 14.5. The maximum absolute atomic E-state index is 13.1. The molecule has 0 aromatic heterocycles. The van der Waals surface area contributed by atoms with E-state index in [0.29, 0.717) is 32.1 Å². The molecule has 0 radical (unpaired) electrons. The zero-order valence-electron chi connectivity index (χ0n) is 62.8. The number of hydrogen-bond acceptors (Lipinski definition) is 15. The molecule has 2 unspecified atom stereocenters. The fraction of sp³-hybridized carbons (Fsp3) is 0.728. The minimum absolute atomic E-state index is 0.0644. The van der Waals surface area contributed by atoms with E-state index in [9.17, 15) is 43.2 Å². The van der Waals surface area contributed by atoms with Crippen LogP contribution >= 0.6 is 15.6 Å². The molecule has 5 atom stereocenters. The summed E-state index contributed by atoms with van der Waals surface area (Å²) in [6, 6.07) is 0. The monoisotopic (exact) mass is 1450 g/mol. The fourth-order valence-electron chi connectivity index (χ4n) is 10.2. The Kier molecular flexibility index (Phi) is 69.9. The number of carbonyl (C=O) groups excluding carboxylic acids is 4. The Hall–Kier alpha value is -4.28. The molecule has 0 fully saturated rings. The lowest BCUT2D eigenvalue weighted by Crippen LogP contribution is -2.30. The number of aliphatic hydroxyl groups is 1. The Bertz CT molecular complexity index is 2320. The SMILES string of the molecule is CCCCC/C=C\C/C=C\C/C=C\C/C=C\CCCC(=O)OC[C@H](COP(=O)(O)OC[C@@H](O)COP(=O)(O)OC[C@@H](COC(=O)CCCCCCC/C=C\C/C=C\CCCCC)OC(=O)CCCCCCC/C=C\CCCCCC)OC(=O)CCCCCCC/C=C\C=C/CCCCCC. The summed E-state index contributed by atoms with van der Waals surface area (Å²) in [5.41, 5.74) is 0. The first kappa shape index (κ1) is 95.7. The molecule has 0 aromatic carbocycles. The molecule has 3 N–H and O–H groups in total. The molecule has 0 aliphatic carbocycles. The topological polar surface area (TPSA) is 237 Å². The van der Waals surface area contributed by atoms with Crippen LogP contribution in [0.15, 0.2) is 109 Å². The van der Waals surface area contributed by atoms with Gasteiger partial charge in [-0.15, -0.1) is 0 Å². The van der Waals surface area contributed by atoms with Gasteiger partial charge in [-0.3, -0.25) is 37.3 Å².